The maximum Gasteiger partial charge on any atom is 0.189 e. The van der Waals surface area contributed by atoms with Crippen LogP contribution in [0.25, 0.3) is 32.9 Å². The molecule has 260 valence electrons. The Kier molecular flexibility index (Phi) is 10.5. The Hall–Kier alpha value is -3.30. The molecule has 0 spiro atoms. The molecule has 0 bridgehead atoms. The summed E-state index contributed by atoms with van der Waals surface area (Å²) in [6.45, 7) is 15.4. The van der Waals surface area contributed by atoms with Gasteiger partial charge in [0.15, 0.2) is 17.8 Å². The number of aryl methyl sites for hydroxylation is 1. The van der Waals surface area contributed by atoms with Gasteiger partial charge in [0, 0.05) is 31.2 Å². The predicted molar refractivity (Wildman–Crippen MR) is 197 cm³/mol. The number of thioether (sulfide) groups is 1. The standard InChI is InChI=1S/C38H46F2N4O3SSi/c1-22(2)49(23(3)4,24(5)6)17-14-28-30(39)12-10-25-18-27(47-21-45-7)19-29(32(25)28)35-34(40)36-33-31(41-35)13-11-26-20-46-16-9-15-44(26)37(33)43-38(42-36)48-8/h10,12,18-19,22-24,26H,9,11,13,15-16,20-21H2,1-8H3. The third-order valence-corrected chi connectivity index (χ3v) is 17.2. The first-order valence-electron chi connectivity index (χ1n) is 17.2. The van der Waals surface area contributed by atoms with Crippen LogP contribution in [0, 0.1) is 23.1 Å². The minimum Gasteiger partial charge on any atom is -0.468 e. The number of rotatable bonds is 8. The lowest BCUT2D eigenvalue weighted by Crippen LogP contribution is -2.43. The van der Waals surface area contributed by atoms with Gasteiger partial charge in [0.05, 0.1) is 29.3 Å². The van der Waals surface area contributed by atoms with E-state index in [-0.39, 0.29) is 29.6 Å². The number of methoxy groups -OCH3 is 1. The molecule has 1 unspecified atom stereocenters. The zero-order valence-corrected chi connectivity index (χ0v) is 31.6. The molecule has 1 fully saturated rings. The van der Waals surface area contributed by atoms with Gasteiger partial charge in [0.25, 0.3) is 0 Å². The van der Waals surface area contributed by atoms with Crippen molar-refractivity contribution < 1.29 is 23.0 Å². The Morgan fingerprint density at radius 3 is 2.49 bits per heavy atom. The second-order valence-electron chi connectivity index (χ2n) is 14.0. The number of anilines is 1. The Morgan fingerprint density at radius 1 is 1.04 bits per heavy atom. The third-order valence-electron chi connectivity index (χ3n) is 10.3. The first kappa shape index (κ1) is 35.5. The lowest BCUT2D eigenvalue weighted by atomic mass is 9.95. The van der Waals surface area contributed by atoms with Gasteiger partial charge in [-0.15, -0.1) is 5.54 Å². The van der Waals surface area contributed by atoms with Gasteiger partial charge in [-0.2, -0.15) is 0 Å². The number of benzene rings is 2. The molecule has 6 rings (SSSR count). The van der Waals surface area contributed by atoms with Gasteiger partial charge in [0.2, 0.25) is 0 Å². The largest absolute Gasteiger partial charge is 0.468 e. The molecule has 0 saturated carbocycles. The van der Waals surface area contributed by atoms with Crippen LogP contribution in [0.3, 0.4) is 0 Å². The van der Waals surface area contributed by atoms with Gasteiger partial charge >= 0.3 is 0 Å². The molecule has 2 aliphatic rings. The van der Waals surface area contributed by atoms with Crippen LogP contribution in [0.15, 0.2) is 29.4 Å². The Bertz CT molecular complexity index is 1920. The van der Waals surface area contributed by atoms with E-state index >= 15 is 8.78 Å². The van der Waals surface area contributed by atoms with Gasteiger partial charge in [-0.05, 0) is 65.7 Å². The van der Waals surface area contributed by atoms with Crippen LogP contribution in [0.1, 0.15) is 65.6 Å². The Labute approximate surface area is 293 Å². The van der Waals surface area contributed by atoms with Crippen molar-refractivity contribution in [2.45, 2.75) is 88.6 Å². The zero-order chi connectivity index (χ0) is 35.0. The number of pyridine rings is 1. The second kappa shape index (κ2) is 14.5. The second-order valence-corrected chi connectivity index (χ2v) is 20.3. The minimum absolute atomic E-state index is 0.00404. The van der Waals surface area contributed by atoms with Crippen molar-refractivity contribution in [3.8, 4) is 28.5 Å². The molecule has 0 radical (unpaired) electrons. The maximum atomic E-state index is 17.3. The highest BCUT2D eigenvalue weighted by atomic mass is 32.2. The van der Waals surface area contributed by atoms with E-state index in [1.165, 1.54) is 17.8 Å². The van der Waals surface area contributed by atoms with Crippen LogP contribution in [0.4, 0.5) is 14.6 Å². The fourth-order valence-corrected chi connectivity index (χ4v) is 13.6. The SMILES string of the molecule is COCOc1cc(-c2nc3c4c(nc(SC)nc4c2F)N2CCCOCC2CC3)c2c(C#C[Si](C(C)C)(C(C)C)C(C)C)c(F)ccc2c1. The van der Waals surface area contributed by atoms with E-state index in [0.717, 1.165) is 19.4 Å². The van der Waals surface area contributed by atoms with E-state index < -0.39 is 19.7 Å². The smallest absolute Gasteiger partial charge is 0.189 e. The summed E-state index contributed by atoms with van der Waals surface area (Å²) in [6.07, 6.45) is 4.10. The summed E-state index contributed by atoms with van der Waals surface area (Å²) in [4.78, 5) is 17.0. The molecule has 1 saturated heterocycles. The summed E-state index contributed by atoms with van der Waals surface area (Å²) in [5, 5.41) is 2.29. The third kappa shape index (κ3) is 6.42. The van der Waals surface area contributed by atoms with Crippen molar-refractivity contribution in [1.82, 2.24) is 15.0 Å². The minimum atomic E-state index is -2.23. The van der Waals surface area contributed by atoms with Gasteiger partial charge in [0.1, 0.15) is 36.7 Å². The summed E-state index contributed by atoms with van der Waals surface area (Å²) in [6, 6.07) is 6.76. The maximum absolute atomic E-state index is 17.3. The lowest BCUT2D eigenvalue weighted by molar-refractivity contribution is 0.0512. The van der Waals surface area contributed by atoms with Crippen LogP contribution in [-0.2, 0) is 15.9 Å². The molecular formula is C38H46F2N4O3SSi. The molecule has 11 heteroatoms. The Morgan fingerprint density at radius 2 is 1.80 bits per heavy atom. The number of hydrogen-bond donors (Lipinski definition) is 0. The van der Waals surface area contributed by atoms with Crippen molar-refractivity contribution in [1.29, 1.82) is 0 Å². The van der Waals surface area contributed by atoms with Crippen molar-refractivity contribution in [3.05, 3.63) is 47.2 Å². The molecule has 0 amide bonds. The van der Waals surface area contributed by atoms with E-state index in [1.54, 1.807) is 19.2 Å². The average molecular weight is 705 g/mol. The van der Waals surface area contributed by atoms with E-state index in [1.807, 2.05) is 12.3 Å². The van der Waals surface area contributed by atoms with Gasteiger partial charge in [-0.3, -0.25) is 0 Å². The molecule has 7 nitrogen and oxygen atoms in total. The van der Waals surface area contributed by atoms with Crippen molar-refractivity contribution in [2.75, 3.05) is 44.8 Å². The zero-order valence-electron chi connectivity index (χ0n) is 29.7. The normalized spacial score (nSPS) is 16.6. The van der Waals surface area contributed by atoms with Gasteiger partial charge < -0.3 is 19.1 Å². The fraction of sp³-hybridized carbons (Fsp3) is 0.500. The van der Waals surface area contributed by atoms with E-state index in [0.29, 0.717) is 80.4 Å². The number of fused-ring (bicyclic) bond motifs is 3. The van der Waals surface area contributed by atoms with Crippen LogP contribution in [0.2, 0.25) is 16.6 Å². The molecule has 4 aromatic rings. The topological polar surface area (TPSA) is 69.6 Å². The number of aromatic nitrogens is 3. The first-order valence-corrected chi connectivity index (χ1v) is 20.7. The highest BCUT2D eigenvalue weighted by Crippen LogP contribution is 2.44. The predicted octanol–water partition coefficient (Wildman–Crippen LogP) is 8.94. The summed E-state index contributed by atoms with van der Waals surface area (Å²) >= 11 is 1.37. The van der Waals surface area contributed by atoms with Crippen molar-refractivity contribution >= 4 is 47.3 Å². The first-order chi connectivity index (χ1) is 23.5. The molecule has 1 atom stereocenters. The van der Waals surface area contributed by atoms with E-state index in [9.17, 15) is 0 Å². The fourth-order valence-electron chi connectivity index (χ4n) is 8.05. The Balaban J connectivity index is 1.68. The van der Waals surface area contributed by atoms with Gasteiger partial charge in [-0.25, -0.2) is 23.7 Å². The molecule has 2 aliphatic heterocycles. The summed E-state index contributed by atoms with van der Waals surface area (Å²) < 4.78 is 50.4. The monoisotopic (exact) mass is 704 g/mol. The van der Waals surface area contributed by atoms with Crippen LogP contribution in [0.5, 0.6) is 5.75 Å². The van der Waals surface area contributed by atoms with Crippen molar-refractivity contribution in [2.24, 2.45) is 0 Å². The molecule has 2 aromatic carbocycles. The molecule has 49 heavy (non-hydrogen) atoms. The van der Waals surface area contributed by atoms with Crippen LogP contribution < -0.4 is 9.64 Å². The quantitative estimate of drug-likeness (QED) is 0.0592. The van der Waals surface area contributed by atoms with Crippen molar-refractivity contribution in [3.63, 3.8) is 0 Å². The summed E-state index contributed by atoms with van der Waals surface area (Å²) in [5.74, 6) is 3.49. The number of ether oxygens (including phenoxy) is 3. The summed E-state index contributed by atoms with van der Waals surface area (Å²) in [7, 11) is -0.694. The lowest BCUT2D eigenvalue weighted by Gasteiger charge is -2.38. The average Bonchev–Trinajstić information content (AvgIpc) is 3.39. The number of nitrogens with zero attached hydrogens (tertiary/aromatic N) is 4. The van der Waals surface area contributed by atoms with Gasteiger partial charge in [-0.1, -0.05) is 65.3 Å². The van der Waals surface area contributed by atoms with E-state index in [2.05, 4.69) is 57.9 Å². The van der Waals surface area contributed by atoms with Crippen LogP contribution in [-0.4, -0.2) is 69.0 Å². The molecule has 4 heterocycles. The van der Waals surface area contributed by atoms with Crippen LogP contribution >= 0.6 is 11.8 Å². The number of halogens is 2. The highest BCUT2D eigenvalue weighted by Gasteiger charge is 2.42. The molecule has 2 aromatic heterocycles. The molecule has 0 N–H and O–H groups in total. The van der Waals surface area contributed by atoms with E-state index in [4.69, 9.17) is 29.2 Å². The summed E-state index contributed by atoms with van der Waals surface area (Å²) in [5.41, 5.74) is 6.44. The molecular weight excluding hydrogens is 659 g/mol. The number of hydrogen-bond acceptors (Lipinski definition) is 8. The molecule has 0 aliphatic carbocycles. The highest BCUT2D eigenvalue weighted by molar-refractivity contribution is 7.98.